The molecule has 26 heavy (non-hydrogen) atoms. The number of amides is 1. The number of hydrogen-bond acceptors (Lipinski definition) is 5. The molecule has 1 amide bonds. The number of thiocarbonyl (C=S) groups is 1. The number of thiazole rings is 1. The lowest BCUT2D eigenvalue weighted by Crippen LogP contribution is -2.34. The van der Waals surface area contributed by atoms with Crippen molar-refractivity contribution >= 4 is 73.1 Å². The first-order chi connectivity index (χ1) is 12.5. The van der Waals surface area contributed by atoms with E-state index < -0.39 is 0 Å². The summed E-state index contributed by atoms with van der Waals surface area (Å²) in [6.07, 6.45) is 0. The van der Waals surface area contributed by atoms with Gasteiger partial charge >= 0.3 is 0 Å². The standard InChI is InChI=1S/C17H13Cl2N3O2S2/c1-2-24-10-5-3-4-9(8-10)15(23)21-16(25)22-17-20-14-12(26-17)7-6-11(18)13(14)19/h3-8H,2H2,1H3,(H2,20,21,22,23,25). The largest absolute Gasteiger partial charge is 0.494 e. The maximum atomic E-state index is 12.3. The van der Waals surface area contributed by atoms with Gasteiger partial charge in [-0.15, -0.1) is 0 Å². The number of aromatic nitrogens is 1. The van der Waals surface area contributed by atoms with Gasteiger partial charge in [0.15, 0.2) is 10.2 Å². The number of nitrogens with one attached hydrogen (secondary N) is 2. The van der Waals surface area contributed by atoms with E-state index in [2.05, 4.69) is 15.6 Å². The van der Waals surface area contributed by atoms with Crippen LogP contribution in [0.5, 0.6) is 5.75 Å². The lowest BCUT2D eigenvalue weighted by molar-refractivity contribution is 0.0977. The molecule has 1 aromatic heterocycles. The van der Waals surface area contributed by atoms with Crippen LogP contribution >= 0.6 is 46.8 Å². The minimum Gasteiger partial charge on any atom is -0.494 e. The third kappa shape index (κ3) is 4.24. The van der Waals surface area contributed by atoms with Crippen molar-refractivity contribution in [3.8, 4) is 5.75 Å². The fourth-order valence-corrected chi connectivity index (χ4v) is 3.74. The van der Waals surface area contributed by atoms with Crippen molar-refractivity contribution < 1.29 is 9.53 Å². The Hall–Kier alpha value is -1.93. The van der Waals surface area contributed by atoms with Crippen molar-refractivity contribution in [3.05, 3.63) is 52.0 Å². The SMILES string of the molecule is CCOc1cccc(C(=O)NC(=S)Nc2nc3c(Cl)c(Cl)ccc3s2)c1. The zero-order valence-electron chi connectivity index (χ0n) is 13.5. The molecule has 0 radical (unpaired) electrons. The molecule has 0 aliphatic rings. The summed E-state index contributed by atoms with van der Waals surface area (Å²) in [5.74, 6) is 0.281. The molecule has 3 aromatic rings. The van der Waals surface area contributed by atoms with Gasteiger partial charge in [-0.2, -0.15) is 0 Å². The van der Waals surface area contributed by atoms with Crippen LogP contribution in [0.2, 0.25) is 10.0 Å². The molecule has 0 unspecified atom stereocenters. The number of anilines is 1. The Morgan fingerprint density at radius 1 is 1.31 bits per heavy atom. The minimum atomic E-state index is -0.341. The summed E-state index contributed by atoms with van der Waals surface area (Å²) in [5.41, 5.74) is 1.03. The van der Waals surface area contributed by atoms with Crippen LogP contribution in [0.15, 0.2) is 36.4 Å². The Kier molecular flexibility index (Phi) is 5.93. The second-order valence-electron chi connectivity index (χ2n) is 5.10. The third-order valence-corrected chi connectivity index (χ3v) is 5.24. The van der Waals surface area contributed by atoms with Gasteiger partial charge in [0.1, 0.15) is 11.3 Å². The highest BCUT2D eigenvalue weighted by Crippen LogP contribution is 2.35. The van der Waals surface area contributed by atoms with Gasteiger partial charge in [-0.05, 0) is 49.5 Å². The Morgan fingerprint density at radius 2 is 2.12 bits per heavy atom. The molecule has 134 valence electrons. The molecular formula is C17H13Cl2N3O2S2. The molecule has 0 atom stereocenters. The Balaban J connectivity index is 1.70. The monoisotopic (exact) mass is 425 g/mol. The maximum Gasteiger partial charge on any atom is 0.257 e. The summed E-state index contributed by atoms with van der Waals surface area (Å²) in [6.45, 7) is 2.40. The number of halogens is 2. The predicted octanol–water partition coefficient (Wildman–Crippen LogP) is 5.13. The van der Waals surface area contributed by atoms with Crippen molar-refractivity contribution in [2.45, 2.75) is 6.92 Å². The summed E-state index contributed by atoms with van der Waals surface area (Å²) in [5, 5.41) is 6.98. The van der Waals surface area contributed by atoms with E-state index in [4.69, 9.17) is 40.2 Å². The van der Waals surface area contributed by atoms with Gasteiger partial charge < -0.3 is 10.1 Å². The lowest BCUT2D eigenvalue weighted by atomic mass is 10.2. The number of ether oxygens (including phenoxy) is 1. The Morgan fingerprint density at radius 3 is 2.88 bits per heavy atom. The fourth-order valence-electron chi connectivity index (χ4n) is 2.19. The lowest BCUT2D eigenvalue weighted by Gasteiger charge is -2.08. The average Bonchev–Trinajstić information content (AvgIpc) is 3.02. The van der Waals surface area contributed by atoms with E-state index in [9.17, 15) is 4.79 Å². The molecule has 9 heteroatoms. The molecule has 0 saturated carbocycles. The average molecular weight is 426 g/mol. The van der Waals surface area contributed by atoms with Crippen LogP contribution < -0.4 is 15.4 Å². The molecule has 0 spiro atoms. The number of nitrogens with zero attached hydrogens (tertiary/aromatic N) is 1. The first kappa shape index (κ1) is 18.8. The molecule has 2 N–H and O–H groups in total. The molecule has 1 heterocycles. The van der Waals surface area contributed by atoms with Gasteiger partial charge in [0.2, 0.25) is 0 Å². The predicted molar refractivity (Wildman–Crippen MR) is 111 cm³/mol. The van der Waals surface area contributed by atoms with Crippen LogP contribution in [-0.4, -0.2) is 22.6 Å². The van der Waals surface area contributed by atoms with Crippen LogP contribution in [0, 0.1) is 0 Å². The van der Waals surface area contributed by atoms with Gasteiger partial charge in [0.05, 0.1) is 21.4 Å². The molecule has 0 aliphatic carbocycles. The molecule has 0 fully saturated rings. The highest BCUT2D eigenvalue weighted by Gasteiger charge is 2.13. The molecule has 0 bridgehead atoms. The number of rotatable bonds is 4. The van der Waals surface area contributed by atoms with E-state index in [0.717, 1.165) is 4.70 Å². The summed E-state index contributed by atoms with van der Waals surface area (Å²) in [6, 6.07) is 10.4. The van der Waals surface area contributed by atoms with Crippen LogP contribution in [0.3, 0.4) is 0 Å². The van der Waals surface area contributed by atoms with E-state index in [1.54, 1.807) is 30.3 Å². The number of carbonyl (C=O) groups excluding carboxylic acids is 1. The van der Waals surface area contributed by atoms with Crippen molar-refractivity contribution in [1.82, 2.24) is 10.3 Å². The smallest absolute Gasteiger partial charge is 0.257 e. The van der Waals surface area contributed by atoms with Gasteiger partial charge in [-0.25, -0.2) is 4.98 Å². The Labute approximate surface area is 169 Å². The molecule has 0 saturated heterocycles. The molecule has 3 rings (SSSR count). The zero-order chi connectivity index (χ0) is 18.7. The normalized spacial score (nSPS) is 10.6. The van der Waals surface area contributed by atoms with E-state index in [1.165, 1.54) is 11.3 Å². The Bertz CT molecular complexity index is 991. The van der Waals surface area contributed by atoms with Crippen LogP contribution in [0.25, 0.3) is 10.2 Å². The highest BCUT2D eigenvalue weighted by molar-refractivity contribution is 7.80. The molecular weight excluding hydrogens is 413 g/mol. The van der Waals surface area contributed by atoms with Crippen molar-refractivity contribution in [1.29, 1.82) is 0 Å². The maximum absolute atomic E-state index is 12.3. The van der Waals surface area contributed by atoms with E-state index in [0.29, 0.717) is 38.6 Å². The number of fused-ring (bicyclic) bond motifs is 1. The van der Waals surface area contributed by atoms with Gasteiger partial charge in [0, 0.05) is 5.56 Å². The number of hydrogen-bond donors (Lipinski definition) is 2. The van der Waals surface area contributed by atoms with Crippen molar-refractivity contribution in [3.63, 3.8) is 0 Å². The van der Waals surface area contributed by atoms with Crippen LogP contribution in [0.4, 0.5) is 5.13 Å². The van der Waals surface area contributed by atoms with Crippen LogP contribution in [0.1, 0.15) is 17.3 Å². The summed E-state index contributed by atoms with van der Waals surface area (Å²) in [7, 11) is 0. The van der Waals surface area contributed by atoms with Gasteiger partial charge in [-0.3, -0.25) is 10.1 Å². The number of benzene rings is 2. The quantitative estimate of drug-likeness (QED) is 0.567. The van der Waals surface area contributed by atoms with E-state index >= 15 is 0 Å². The summed E-state index contributed by atoms with van der Waals surface area (Å²) >= 11 is 18.7. The second kappa shape index (κ2) is 8.18. The highest BCUT2D eigenvalue weighted by atomic mass is 35.5. The summed E-state index contributed by atoms with van der Waals surface area (Å²) in [4.78, 5) is 16.7. The van der Waals surface area contributed by atoms with Gasteiger partial charge in [0.25, 0.3) is 5.91 Å². The molecule has 5 nitrogen and oxygen atoms in total. The number of carbonyl (C=O) groups is 1. The van der Waals surface area contributed by atoms with Crippen molar-refractivity contribution in [2.75, 3.05) is 11.9 Å². The summed E-state index contributed by atoms with van der Waals surface area (Å²) < 4.78 is 6.25. The van der Waals surface area contributed by atoms with E-state index in [1.807, 2.05) is 13.0 Å². The van der Waals surface area contributed by atoms with Crippen LogP contribution in [-0.2, 0) is 0 Å². The molecule has 0 aliphatic heterocycles. The zero-order valence-corrected chi connectivity index (χ0v) is 16.7. The van der Waals surface area contributed by atoms with E-state index in [-0.39, 0.29) is 11.0 Å². The first-order valence-corrected chi connectivity index (χ1v) is 9.55. The molecule has 2 aromatic carbocycles. The third-order valence-electron chi connectivity index (χ3n) is 3.31. The first-order valence-electron chi connectivity index (χ1n) is 7.57. The minimum absolute atomic E-state index is 0.137. The van der Waals surface area contributed by atoms with Gasteiger partial charge in [-0.1, -0.05) is 40.6 Å². The fraction of sp³-hybridized carbons (Fsp3) is 0.118. The second-order valence-corrected chi connectivity index (χ2v) is 7.32. The topological polar surface area (TPSA) is 63.2 Å². The van der Waals surface area contributed by atoms with Crippen molar-refractivity contribution in [2.24, 2.45) is 0 Å².